The van der Waals surface area contributed by atoms with E-state index in [1.165, 1.54) is 0 Å². The summed E-state index contributed by atoms with van der Waals surface area (Å²) in [7, 11) is 1.81. The summed E-state index contributed by atoms with van der Waals surface area (Å²) >= 11 is 0. The van der Waals surface area contributed by atoms with Crippen molar-refractivity contribution in [1.82, 2.24) is 5.32 Å². The summed E-state index contributed by atoms with van der Waals surface area (Å²) < 4.78 is 0. The van der Waals surface area contributed by atoms with Crippen molar-refractivity contribution in [3.8, 4) is 0 Å². The van der Waals surface area contributed by atoms with Crippen LogP contribution in [0, 0.1) is 6.92 Å². The molecule has 0 aromatic heterocycles. The molecule has 0 spiro atoms. The van der Waals surface area contributed by atoms with Gasteiger partial charge in [-0.15, -0.1) is 0 Å². The second kappa shape index (κ2) is 6.24. The van der Waals surface area contributed by atoms with E-state index < -0.39 is 0 Å². The van der Waals surface area contributed by atoms with E-state index in [1.54, 1.807) is 11.9 Å². The lowest BCUT2D eigenvalue weighted by molar-refractivity contribution is -0.118. The molecule has 4 nitrogen and oxygen atoms in total. The highest BCUT2D eigenvalue weighted by Crippen LogP contribution is 2.27. The Morgan fingerprint density at radius 3 is 2.74 bits per heavy atom. The lowest BCUT2D eigenvalue weighted by Crippen LogP contribution is -2.31. The highest BCUT2D eigenvalue weighted by Gasteiger charge is 2.20. The average Bonchev–Trinajstić information content (AvgIpc) is 2.56. The van der Waals surface area contributed by atoms with Crippen molar-refractivity contribution in [2.24, 2.45) is 0 Å². The van der Waals surface area contributed by atoms with Crippen molar-refractivity contribution in [2.45, 2.75) is 26.3 Å². The van der Waals surface area contributed by atoms with E-state index in [2.05, 4.69) is 11.4 Å². The first kappa shape index (κ1) is 15.3. The molecule has 2 amide bonds. The Hall–Kier alpha value is -2.62. The average molecular weight is 308 g/mol. The molecule has 1 aliphatic rings. The zero-order chi connectivity index (χ0) is 16.4. The summed E-state index contributed by atoms with van der Waals surface area (Å²) in [4.78, 5) is 25.7. The predicted molar refractivity (Wildman–Crippen MR) is 90.5 cm³/mol. The van der Waals surface area contributed by atoms with Gasteiger partial charge in [-0.1, -0.05) is 30.3 Å². The van der Waals surface area contributed by atoms with Gasteiger partial charge < -0.3 is 10.2 Å². The van der Waals surface area contributed by atoms with Crippen LogP contribution < -0.4 is 10.2 Å². The number of rotatable bonds is 3. The van der Waals surface area contributed by atoms with Crippen LogP contribution in [0.3, 0.4) is 0 Å². The van der Waals surface area contributed by atoms with Crippen molar-refractivity contribution in [1.29, 1.82) is 0 Å². The van der Waals surface area contributed by atoms with Gasteiger partial charge >= 0.3 is 0 Å². The van der Waals surface area contributed by atoms with Gasteiger partial charge in [0.25, 0.3) is 5.91 Å². The number of hydrogen-bond acceptors (Lipinski definition) is 2. The van der Waals surface area contributed by atoms with E-state index in [0.717, 1.165) is 28.8 Å². The van der Waals surface area contributed by atoms with Gasteiger partial charge in [-0.3, -0.25) is 9.59 Å². The van der Waals surface area contributed by atoms with E-state index in [-0.39, 0.29) is 11.8 Å². The fourth-order valence-electron chi connectivity index (χ4n) is 2.93. The summed E-state index contributed by atoms with van der Waals surface area (Å²) in [6, 6.07) is 13.6. The Kier molecular flexibility index (Phi) is 4.15. The van der Waals surface area contributed by atoms with E-state index in [0.29, 0.717) is 18.5 Å². The molecule has 1 heterocycles. The molecule has 0 radical (unpaired) electrons. The van der Waals surface area contributed by atoms with Crippen molar-refractivity contribution >= 4 is 17.5 Å². The van der Waals surface area contributed by atoms with Crippen molar-refractivity contribution in [3.05, 3.63) is 64.7 Å². The topological polar surface area (TPSA) is 49.4 Å². The van der Waals surface area contributed by atoms with Crippen molar-refractivity contribution in [3.63, 3.8) is 0 Å². The first-order chi connectivity index (χ1) is 11.1. The maximum atomic E-state index is 12.3. The first-order valence-electron chi connectivity index (χ1n) is 7.78. The van der Waals surface area contributed by atoms with Crippen molar-refractivity contribution < 1.29 is 9.59 Å². The number of amides is 2. The summed E-state index contributed by atoms with van der Waals surface area (Å²) in [5.41, 5.74) is 4.85. The Bertz CT molecular complexity index is 768. The van der Waals surface area contributed by atoms with E-state index in [4.69, 9.17) is 0 Å². The minimum atomic E-state index is -0.0619. The Labute approximate surface area is 136 Å². The first-order valence-corrected chi connectivity index (χ1v) is 7.78. The number of anilines is 1. The largest absolute Gasteiger partial charge is 0.348 e. The number of aryl methyl sites for hydroxylation is 2. The minimum absolute atomic E-state index is 0.0619. The second-order valence-corrected chi connectivity index (χ2v) is 5.91. The van der Waals surface area contributed by atoms with Gasteiger partial charge in [-0.2, -0.15) is 0 Å². The number of nitrogens with one attached hydrogen (secondary N) is 1. The Morgan fingerprint density at radius 2 is 1.96 bits per heavy atom. The second-order valence-electron chi connectivity index (χ2n) is 5.91. The molecule has 0 atom stereocenters. The lowest BCUT2D eigenvalue weighted by atomic mass is 9.99. The molecule has 0 fully saturated rings. The molecule has 1 N–H and O–H groups in total. The summed E-state index contributed by atoms with van der Waals surface area (Å²) in [5, 5.41) is 2.96. The Morgan fingerprint density at radius 1 is 1.17 bits per heavy atom. The van der Waals surface area contributed by atoms with E-state index >= 15 is 0 Å². The van der Waals surface area contributed by atoms with Crippen molar-refractivity contribution in [2.75, 3.05) is 11.9 Å². The number of benzene rings is 2. The van der Waals surface area contributed by atoms with Crippen LogP contribution in [0.15, 0.2) is 42.5 Å². The molecule has 2 aromatic rings. The molecule has 118 valence electrons. The molecule has 0 unspecified atom stereocenters. The standard InChI is InChI=1S/C19H20N2O2/c1-13-5-3-4-6-16(13)19(23)20-12-14-7-9-17-15(11-14)8-10-18(22)21(17)2/h3-7,9,11H,8,10,12H2,1-2H3,(H,20,23). The number of fused-ring (bicyclic) bond motifs is 1. The van der Waals surface area contributed by atoms with Crippen LogP contribution in [0.4, 0.5) is 5.69 Å². The van der Waals surface area contributed by atoms with Gasteiger partial charge in [0.15, 0.2) is 0 Å². The lowest BCUT2D eigenvalue weighted by Gasteiger charge is -2.26. The molecule has 0 aliphatic carbocycles. The zero-order valence-electron chi connectivity index (χ0n) is 13.4. The predicted octanol–water partition coefficient (Wildman–Crippen LogP) is 2.83. The smallest absolute Gasteiger partial charge is 0.251 e. The van der Waals surface area contributed by atoms with Crippen LogP contribution in [-0.2, 0) is 17.8 Å². The molecule has 0 saturated carbocycles. The van der Waals surface area contributed by atoms with Gasteiger partial charge in [0.1, 0.15) is 0 Å². The molecule has 23 heavy (non-hydrogen) atoms. The number of hydrogen-bond donors (Lipinski definition) is 1. The van der Waals surface area contributed by atoms with Crippen LogP contribution in [-0.4, -0.2) is 18.9 Å². The number of carbonyl (C=O) groups excluding carboxylic acids is 2. The molecular formula is C19H20N2O2. The number of nitrogens with zero attached hydrogens (tertiary/aromatic N) is 1. The fraction of sp³-hybridized carbons (Fsp3) is 0.263. The van der Waals surface area contributed by atoms with E-state index in [9.17, 15) is 9.59 Å². The van der Waals surface area contributed by atoms with Crippen LogP contribution in [0.5, 0.6) is 0 Å². The summed E-state index contributed by atoms with van der Waals surface area (Å²) in [6.45, 7) is 2.42. The fourth-order valence-corrected chi connectivity index (χ4v) is 2.93. The Balaban J connectivity index is 1.71. The molecule has 4 heteroatoms. The van der Waals surface area contributed by atoms with Gasteiger partial charge in [-0.05, 0) is 42.2 Å². The van der Waals surface area contributed by atoms with Crippen LogP contribution in [0.2, 0.25) is 0 Å². The van der Waals surface area contributed by atoms with Gasteiger partial charge in [-0.25, -0.2) is 0 Å². The third-order valence-corrected chi connectivity index (χ3v) is 4.33. The third kappa shape index (κ3) is 3.11. The van der Waals surface area contributed by atoms with Gasteiger partial charge in [0.05, 0.1) is 0 Å². The maximum Gasteiger partial charge on any atom is 0.251 e. The highest BCUT2D eigenvalue weighted by atomic mass is 16.2. The monoisotopic (exact) mass is 308 g/mol. The molecule has 0 saturated heterocycles. The molecular weight excluding hydrogens is 288 g/mol. The zero-order valence-corrected chi connectivity index (χ0v) is 13.4. The van der Waals surface area contributed by atoms with Crippen LogP contribution in [0.1, 0.15) is 33.5 Å². The molecule has 2 aromatic carbocycles. The molecule has 3 rings (SSSR count). The summed E-state index contributed by atoms with van der Waals surface area (Å²) in [5.74, 6) is 0.0891. The molecule has 1 aliphatic heterocycles. The third-order valence-electron chi connectivity index (χ3n) is 4.33. The van der Waals surface area contributed by atoms with Crippen LogP contribution >= 0.6 is 0 Å². The molecule has 0 bridgehead atoms. The van der Waals surface area contributed by atoms with Crippen LogP contribution in [0.25, 0.3) is 0 Å². The highest BCUT2D eigenvalue weighted by molar-refractivity contribution is 5.96. The van der Waals surface area contributed by atoms with E-state index in [1.807, 2.05) is 43.3 Å². The number of carbonyl (C=O) groups is 2. The summed E-state index contributed by atoms with van der Waals surface area (Å²) in [6.07, 6.45) is 1.31. The minimum Gasteiger partial charge on any atom is -0.348 e. The quantitative estimate of drug-likeness (QED) is 0.948. The SMILES string of the molecule is Cc1ccccc1C(=O)NCc1ccc2c(c1)CCC(=O)N2C. The maximum absolute atomic E-state index is 12.3. The van der Waals surface area contributed by atoms with Gasteiger partial charge in [0.2, 0.25) is 5.91 Å². The normalized spacial score (nSPS) is 13.7. The van der Waals surface area contributed by atoms with Gasteiger partial charge in [0, 0.05) is 31.3 Å².